The van der Waals surface area contributed by atoms with Crippen LogP contribution in [-0.2, 0) is 0 Å². The molecule has 0 bridgehead atoms. The predicted molar refractivity (Wildman–Crippen MR) is 152 cm³/mol. The lowest BCUT2D eigenvalue weighted by atomic mass is 9.97. The van der Waals surface area contributed by atoms with Crippen molar-refractivity contribution in [3.05, 3.63) is 116 Å². The van der Waals surface area contributed by atoms with E-state index in [9.17, 15) is 34.9 Å². The zero-order chi connectivity index (χ0) is 30.1. The molecule has 0 saturated carbocycles. The van der Waals surface area contributed by atoms with E-state index in [-0.39, 0.29) is 45.1 Å². The summed E-state index contributed by atoms with van der Waals surface area (Å²) in [5.41, 5.74) is 0.781. The third kappa shape index (κ3) is 4.66. The lowest BCUT2D eigenvalue weighted by Gasteiger charge is -2.13. The highest BCUT2D eigenvalue weighted by Gasteiger charge is 2.31. The Bertz CT molecular complexity index is 1880. The molecule has 0 aliphatic heterocycles. The fourth-order valence-electron chi connectivity index (χ4n) is 4.72. The Hall–Kier alpha value is -6.04. The first-order valence-corrected chi connectivity index (χ1v) is 12.3. The van der Waals surface area contributed by atoms with E-state index in [1.165, 1.54) is 56.7 Å². The number of carbonyl (C=O) groups is 2. The second kappa shape index (κ2) is 10.8. The molecule has 1 N–H and O–H groups in total. The van der Waals surface area contributed by atoms with Crippen LogP contribution in [0.5, 0.6) is 17.2 Å². The Kier molecular flexibility index (Phi) is 7.11. The van der Waals surface area contributed by atoms with Crippen molar-refractivity contribution in [1.29, 1.82) is 0 Å². The fraction of sp³-hybridized carbons (Fsp3) is 0.0667. The number of nitro groups is 2. The lowest BCUT2D eigenvalue weighted by Crippen LogP contribution is -2.16. The maximum atomic E-state index is 13.7. The van der Waals surface area contributed by atoms with Crippen LogP contribution in [0.3, 0.4) is 0 Å². The van der Waals surface area contributed by atoms with Gasteiger partial charge < -0.3 is 19.1 Å². The van der Waals surface area contributed by atoms with Gasteiger partial charge in [0.1, 0.15) is 17.2 Å². The number of hydrogen-bond donors (Lipinski definition) is 1. The van der Waals surface area contributed by atoms with Gasteiger partial charge in [-0.2, -0.15) is 0 Å². The first-order valence-electron chi connectivity index (χ1n) is 12.3. The van der Waals surface area contributed by atoms with E-state index in [2.05, 4.69) is 0 Å². The molecule has 12 heteroatoms. The van der Waals surface area contributed by atoms with E-state index >= 15 is 0 Å². The molecule has 1 heterocycles. The van der Waals surface area contributed by atoms with Crippen molar-refractivity contribution in [3.63, 3.8) is 0 Å². The average Bonchev–Trinajstić information content (AvgIpc) is 3.31. The number of aromatic nitrogens is 1. The van der Waals surface area contributed by atoms with Crippen LogP contribution in [0.2, 0.25) is 0 Å². The number of aromatic hydroxyl groups is 1. The van der Waals surface area contributed by atoms with Crippen LogP contribution < -0.4 is 9.47 Å². The molecule has 0 saturated heterocycles. The maximum absolute atomic E-state index is 13.7. The van der Waals surface area contributed by atoms with Crippen LogP contribution in [0.25, 0.3) is 27.8 Å². The minimum Gasteiger partial charge on any atom is -0.505 e. The number of non-ortho nitro benzene ring substituents is 2. The summed E-state index contributed by atoms with van der Waals surface area (Å²) in [6.45, 7) is 0. The third-order valence-corrected chi connectivity index (χ3v) is 6.75. The number of ketones is 2. The minimum absolute atomic E-state index is 0.0128. The number of fused-ring (bicyclic) bond motifs is 1. The Morgan fingerprint density at radius 3 is 1.83 bits per heavy atom. The molecule has 0 unspecified atom stereocenters. The summed E-state index contributed by atoms with van der Waals surface area (Å²) < 4.78 is 12.3. The van der Waals surface area contributed by atoms with Gasteiger partial charge >= 0.3 is 0 Å². The molecule has 0 aliphatic rings. The molecule has 4 aromatic carbocycles. The van der Waals surface area contributed by atoms with Crippen LogP contribution in [0.4, 0.5) is 11.4 Å². The lowest BCUT2D eigenvalue weighted by molar-refractivity contribution is -0.385. The minimum atomic E-state index is -1.01. The van der Waals surface area contributed by atoms with Gasteiger partial charge in [0.15, 0.2) is 0 Å². The summed E-state index contributed by atoms with van der Waals surface area (Å²) in [4.78, 5) is 48.1. The second-order valence-corrected chi connectivity index (χ2v) is 9.03. The zero-order valence-corrected chi connectivity index (χ0v) is 22.1. The van der Waals surface area contributed by atoms with Crippen molar-refractivity contribution in [1.82, 2.24) is 4.57 Å². The van der Waals surface area contributed by atoms with Gasteiger partial charge in [-0.05, 0) is 60.7 Å². The van der Waals surface area contributed by atoms with E-state index in [4.69, 9.17) is 9.47 Å². The highest BCUT2D eigenvalue weighted by Crippen LogP contribution is 2.45. The first kappa shape index (κ1) is 27.5. The monoisotopic (exact) mass is 567 g/mol. The fourth-order valence-corrected chi connectivity index (χ4v) is 4.72. The molecular formula is C30H21N3O9. The van der Waals surface area contributed by atoms with Gasteiger partial charge in [-0.1, -0.05) is 0 Å². The van der Waals surface area contributed by atoms with E-state index in [0.717, 1.165) is 12.1 Å². The number of Topliss-reactive ketones (excluding diaryl/α,β-unsaturated/α-hetero) is 2. The molecule has 0 atom stereocenters. The zero-order valence-electron chi connectivity index (χ0n) is 22.1. The normalized spacial score (nSPS) is 10.8. The van der Waals surface area contributed by atoms with Crippen LogP contribution in [0, 0.1) is 20.2 Å². The summed E-state index contributed by atoms with van der Waals surface area (Å²) in [5, 5.41) is 34.0. The molecule has 210 valence electrons. The summed E-state index contributed by atoms with van der Waals surface area (Å²) >= 11 is 0. The molecule has 5 aromatic rings. The number of rotatable bonds is 9. The quantitative estimate of drug-likeness (QED) is 0.0987. The Labute approximate surface area is 237 Å². The summed E-state index contributed by atoms with van der Waals surface area (Å²) in [6, 6.07) is 20.0. The van der Waals surface area contributed by atoms with Gasteiger partial charge in [0.2, 0.25) is 11.6 Å². The third-order valence-electron chi connectivity index (χ3n) is 6.75. The number of benzene rings is 4. The molecule has 1 aromatic heterocycles. The highest BCUT2D eigenvalue weighted by atomic mass is 16.6. The largest absolute Gasteiger partial charge is 0.505 e. The standard InChI is InChI=1S/C30H21N3O9/c1-41-22-13-11-19(12-14-22)31-23-15-16-24(42-2)26(30(36)28(34)18-5-9-21(10-6-18)33(39)40)25(23)29(35)27(31)17-3-7-20(8-4-17)32(37)38/h3-16,35H,1-2H3. The molecule has 0 amide bonds. The van der Waals surface area contributed by atoms with E-state index in [1.54, 1.807) is 34.9 Å². The van der Waals surface area contributed by atoms with E-state index in [1.807, 2.05) is 0 Å². The molecule has 0 radical (unpaired) electrons. The number of carbonyl (C=O) groups excluding carboxylic acids is 2. The molecule has 5 rings (SSSR count). The Balaban J connectivity index is 1.77. The topological polar surface area (TPSA) is 164 Å². The van der Waals surface area contributed by atoms with Crippen molar-refractivity contribution in [2.45, 2.75) is 0 Å². The highest BCUT2D eigenvalue weighted by molar-refractivity contribution is 6.51. The molecule has 0 aliphatic carbocycles. The van der Waals surface area contributed by atoms with Gasteiger partial charge in [-0.25, -0.2) is 0 Å². The van der Waals surface area contributed by atoms with Crippen LogP contribution in [0.15, 0.2) is 84.9 Å². The number of hydrogen-bond acceptors (Lipinski definition) is 9. The van der Waals surface area contributed by atoms with Crippen LogP contribution in [-0.4, -0.2) is 45.3 Å². The van der Waals surface area contributed by atoms with Crippen molar-refractivity contribution < 1.29 is 34.0 Å². The number of nitro benzene ring substituents is 2. The molecule has 0 fully saturated rings. The Morgan fingerprint density at radius 2 is 1.31 bits per heavy atom. The SMILES string of the molecule is COc1ccc(-n2c(-c3ccc([N+](=O)[O-])cc3)c(O)c3c(C(=O)C(=O)c4ccc([N+](=O)[O-])cc4)c(OC)ccc32)cc1. The predicted octanol–water partition coefficient (Wildman–Crippen LogP) is 5.90. The van der Waals surface area contributed by atoms with Crippen molar-refractivity contribution in [2.75, 3.05) is 14.2 Å². The average molecular weight is 568 g/mol. The molecule has 42 heavy (non-hydrogen) atoms. The van der Waals surface area contributed by atoms with Gasteiger partial charge in [-0.15, -0.1) is 0 Å². The van der Waals surface area contributed by atoms with Crippen LogP contribution in [0.1, 0.15) is 20.7 Å². The van der Waals surface area contributed by atoms with E-state index in [0.29, 0.717) is 22.5 Å². The van der Waals surface area contributed by atoms with Crippen molar-refractivity contribution in [2.24, 2.45) is 0 Å². The van der Waals surface area contributed by atoms with Gasteiger partial charge in [0, 0.05) is 41.1 Å². The van der Waals surface area contributed by atoms with Crippen molar-refractivity contribution in [3.8, 4) is 34.2 Å². The number of methoxy groups -OCH3 is 2. The number of ether oxygens (including phenoxy) is 2. The summed E-state index contributed by atoms with van der Waals surface area (Å²) in [7, 11) is 2.82. The molecule has 12 nitrogen and oxygen atoms in total. The summed E-state index contributed by atoms with van der Waals surface area (Å²) in [6.07, 6.45) is 0. The second-order valence-electron chi connectivity index (χ2n) is 9.03. The first-order chi connectivity index (χ1) is 20.2. The van der Waals surface area contributed by atoms with Gasteiger partial charge in [0.25, 0.3) is 11.4 Å². The number of nitrogens with zero attached hydrogens (tertiary/aromatic N) is 3. The smallest absolute Gasteiger partial charge is 0.269 e. The maximum Gasteiger partial charge on any atom is 0.269 e. The molecular weight excluding hydrogens is 546 g/mol. The van der Waals surface area contributed by atoms with Crippen molar-refractivity contribution >= 4 is 33.8 Å². The molecule has 0 spiro atoms. The van der Waals surface area contributed by atoms with Gasteiger partial charge in [0.05, 0.1) is 46.2 Å². The summed E-state index contributed by atoms with van der Waals surface area (Å²) in [5.74, 6) is -1.76. The Morgan fingerprint density at radius 1 is 0.738 bits per heavy atom. The van der Waals surface area contributed by atoms with Gasteiger partial charge in [-0.3, -0.25) is 29.8 Å². The van der Waals surface area contributed by atoms with E-state index < -0.39 is 21.4 Å². The van der Waals surface area contributed by atoms with Crippen LogP contribution >= 0.6 is 0 Å².